The Bertz CT molecular complexity index is 575. The lowest BCUT2D eigenvalue weighted by atomic mass is 10.2. The molecular formula is C13H16N4O2S. The van der Waals surface area contributed by atoms with E-state index >= 15 is 0 Å². The predicted octanol–water partition coefficient (Wildman–Crippen LogP) is 1.83. The van der Waals surface area contributed by atoms with Crippen LogP contribution in [0.15, 0.2) is 22.0 Å². The third kappa shape index (κ3) is 2.73. The van der Waals surface area contributed by atoms with E-state index in [2.05, 4.69) is 15.5 Å². The Kier molecular flexibility index (Phi) is 3.79. The zero-order chi connectivity index (χ0) is 13.9. The number of nitrogens with zero attached hydrogens (tertiary/aromatic N) is 3. The fraction of sp³-hybridized carbons (Fsp3) is 0.462. The van der Waals surface area contributed by atoms with Crippen LogP contribution in [0.5, 0.6) is 0 Å². The minimum atomic E-state index is -0.216. The molecule has 1 saturated heterocycles. The maximum absolute atomic E-state index is 12.2. The van der Waals surface area contributed by atoms with Gasteiger partial charge in [0.15, 0.2) is 0 Å². The second-order valence-corrected chi connectivity index (χ2v) is 5.88. The van der Waals surface area contributed by atoms with Crippen molar-refractivity contribution in [3.63, 3.8) is 0 Å². The first-order valence-electron chi connectivity index (χ1n) is 6.59. The highest BCUT2D eigenvalue weighted by Crippen LogP contribution is 2.21. The number of carbonyl (C=O) groups is 1. The van der Waals surface area contributed by atoms with Gasteiger partial charge in [-0.1, -0.05) is 11.2 Å². The molecule has 0 aromatic carbocycles. The van der Waals surface area contributed by atoms with Crippen molar-refractivity contribution in [1.82, 2.24) is 20.4 Å². The van der Waals surface area contributed by atoms with Gasteiger partial charge in [0.2, 0.25) is 5.89 Å². The van der Waals surface area contributed by atoms with Crippen molar-refractivity contribution in [2.45, 2.75) is 25.4 Å². The van der Waals surface area contributed by atoms with E-state index in [0.717, 1.165) is 24.3 Å². The molecule has 2 aromatic heterocycles. The molecule has 0 saturated carbocycles. The number of carbonyl (C=O) groups excluding carboxylic acids is 1. The molecule has 3 heterocycles. The molecule has 106 valence electrons. The molecule has 20 heavy (non-hydrogen) atoms. The van der Waals surface area contributed by atoms with Crippen LogP contribution in [0.1, 0.15) is 40.3 Å². The number of amides is 1. The second-order valence-electron chi connectivity index (χ2n) is 4.85. The molecule has 0 spiro atoms. The normalized spacial score (nSPS) is 18.4. The second kappa shape index (κ2) is 5.72. The number of hydrogen-bond acceptors (Lipinski definition) is 6. The summed E-state index contributed by atoms with van der Waals surface area (Å²) in [5, 5.41) is 9.06. The highest BCUT2D eigenvalue weighted by Gasteiger charge is 2.25. The van der Waals surface area contributed by atoms with Gasteiger partial charge >= 0.3 is 0 Å². The Hall–Kier alpha value is -1.73. The average molecular weight is 292 g/mol. The molecule has 1 N–H and O–H groups in total. The molecule has 7 heteroatoms. The van der Waals surface area contributed by atoms with Gasteiger partial charge in [0.25, 0.3) is 11.7 Å². The Morgan fingerprint density at radius 1 is 1.65 bits per heavy atom. The molecule has 1 atom stereocenters. The van der Waals surface area contributed by atoms with Crippen LogP contribution in [-0.4, -0.2) is 34.5 Å². The number of aromatic nitrogens is 2. The average Bonchev–Trinajstić information content (AvgIpc) is 3.18. The predicted molar refractivity (Wildman–Crippen MR) is 74.4 cm³/mol. The maximum atomic E-state index is 12.2. The smallest absolute Gasteiger partial charge is 0.295 e. The van der Waals surface area contributed by atoms with Crippen molar-refractivity contribution in [2.24, 2.45) is 0 Å². The van der Waals surface area contributed by atoms with Crippen molar-refractivity contribution in [1.29, 1.82) is 0 Å². The largest absolute Gasteiger partial charge is 0.337 e. The third-order valence-corrected chi connectivity index (χ3v) is 4.17. The van der Waals surface area contributed by atoms with Gasteiger partial charge in [-0.3, -0.25) is 4.79 Å². The summed E-state index contributed by atoms with van der Waals surface area (Å²) in [5.41, 5.74) is 0. The van der Waals surface area contributed by atoms with Gasteiger partial charge in [-0.05, 0) is 30.8 Å². The molecule has 6 nitrogen and oxygen atoms in total. The lowest BCUT2D eigenvalue weighted by Crippen LogP contribution is -2.27. The summed E-state index contributed by atoms with van der Waals surface area (Å²) in [5.74, 6) is 0.425. The van der Waals surface area contributed by atoms with Crippen LogP contribution in [0, 0.1) is 0 Å². The third-order valence-electron chi connectivity index (χ3n) is 3.31. The first-order valence-corrected chi connectivity index (χ1v) is 7.47. The zero-order valence-electron chi connectivity index (χ0n) is 11.2. The van der Waals surface area contributed by atoms with Gasteiger partial charge in [-0.15, -0.1) is 11.3 Å². The number of rotatable bonds is 4. The Morgan fingerprint density at radius 2 is 2.55 bits per heavy atom. The van der Waals surface area contributed by atoms with Crippen LogP contribution in [0.25, 0.3) is 0 Å². The Balaban J connectivity index is 1.67. The van der Waals surface area contributed by atoms with Crippen LogP contribution >= 0.6 is 11.3 Å². The van der Waals surface area contributed by atoms with Gasteiger partial charge in [-0.25, -0.2) is 0 Å². The molecule has 0 bridgehead atoms. The molecule has 1 aliphatic rings. The van der Waals surface area contributed by atoms with E-state index in [0.29, 0.717) is 12.4 Å². The first-order chi connectivity index (χ1) is 9.74. The van der Waals surface area contributed by atoms with Gasteiger partial charge in [0.1, 0.15) is 0 Å². The van der Waals surface area contributed by atoms with Crippen LogP contribution in [-0.2, 0) is 6.54 Å². The summed E-state index contributed by atoms with van der Waals surface area (Å²) >= 11 is 1.62. The van der Waals surface area contributed by atoms with Gasteiger partial charge in [-0.2, -0.15) is 4.98 Å². The van der Waals surface area contributed by atoms with E-state index < -0.39 is 0 Å². The van der Waals surface area contributed by atoms with Crippen molar-refractivity contribution in [3.8, 4) is 0 Å². The summed E-state index contributed by atoms with van der Waals surface area (Å²) in [7, 11) is 1.74. The topological polar surface area (TPSA) is 71.3 Å². The zero-order valence-corrected chi connectivity index (χ0v) is 12.0. The molecule has 1 unspecified atom stereocenters. The summed E-state index contributed by atoms with van der Waals surface area (Å²) in [6.45, 7) is 1.51. The molecule has 3 rings (SSSR count). The van der Waals surface area contributed by atoms with Gasteiger partial charge < -0.3 is 14.7 Å². The van der Waals surface area contributed by atoms with Crippen LogP contribution in [0.4, 0.5) is 0 Å². The lowest BCUT2D eigenvalue weighted by molar-refractivity contribution is 0.0771. The fourth-order valence-corrected chi connectivity index (χ4v) is 2.99. The summed E-state index contributed by atoms with van der Waals surface area (Å²) in [6.07, 6.45) is 2.06. The molecule has 1 amide bonds. The fourth-order valence-electron chi connectivity index (χ4n) is 2.24. The minimum absolute atomic E-state index is 0.0895. The van der Waals surface area contributed by atoms with Gasteiger partial charge in [0.05, 0.1) is 12.6 Å². The van der Waals surface area contributed by atoms with Crippen molar-refractivity contribution >= 4 is 17.2 Å². The molecule has 1 aliphatic heterocycles. The summed E-state index contributed by atoms with van der Waals surface area (Å²) in [6, 6.07) is 4.06. The van der Waals surface area contributed by atoms with E-state index in [1.54, 1.807) is 23.3 Å². The lowest BCUT2D eigenvalue weighted by Gasteiger charge is -2.13. The standard InChI is InChI=1S/C13H16N4O2S/c1-17(8-9-4-3-7-20-9)13(18)11-15-12(19-16-11)10-5-2-6-14-10/h3-4,7,10,14H,2,5-6,8H2,1H3. The summed E-state index contributed by atoms with van der Waals surface area (Å²) < 4.78 is 5.19. The quantitative estimate of drug-likeness (QED) is 0.931. The molecule has 1 fully saturated rings. The molecule has 0 radical (unpaired) electrons. The van der Waals surface area contributed by atoms with E-state index in [-0.39, 0.29) is 17.8 Å². The van der Waals surface area contributed by atoms with E-state index in [1.807, 2.05) is 17.5 Å². The number of thiophene rings is 1. The number of hydrogen-bond donors (Lipinski definition) is 1. The van der Waals surface area contributed by atoms with Crippen molar-refractivity contribution < 1.29 is 9.32 Å². The Labute approximate surface area is 120 Å². The molecule has 2 aromatic rings. The van der Waals surface area contributed by atoms with E-state index in [4.69, 9.17) is 4.52 Å². The highest BCUT2D eigenvalue weighted by molar-refractivity contribution is 7.09. The van der Waals surface area contributed by atoms with Gasteiger partial charge in [0, 0.05) is 11.9 Å². The minimum Gasteiger partial charge on any atom is -0.337 e. The maximum Gasteiger partial charge on any atom is 0.295 e. The molecule has 0 aliphatic carbocycles. The molecular weight excluding hydrogens is 276 g/mol. The first kappa shape index (κ1) is 13.3. The highest BCUT2D eigenvalue weighted by atomic mass is 32.1. The van der Waals surface area contributed by atoms with Crippen molar-refractivity contribution in [2.75, 3.05) is 13.6 Å². The number of nitrogens with one attached hydrogen (secondary N) is 1. The van der Waals surface area contributed by atoms with Crippen molar-refractivity contribution in [3.05, 3.63) is 34.1 Å². The van der Waals surface area contributed by atoms with Crippen LogP contribution in [0.2, 0.25) is 0 Å². The Morgan fingerprint density at radius 3 is 3.25 bits per heavy atom. The monoisotopic (exact) mass is 292 g/mol. The van der Waals surface area contributed by atoms with Crippen LogP contribution in [0.3, 0.4) is 0 Å². The summed E-state index contributed by atoms with van der Waals surface area (Å²) in [4.78, 5) is 19.2. The van der Waals surface area contributed by atoms with Crippen LogP contribution < -0.4 is 5.32 Å². The van der Waals surface area contributed by atoms with E-state index in [1.165, 1.54) is 0 Å². The van der Waals surface area contributed by atoms with E-state index in [9.17, 15) is 4.79 Å². The SMILES string of the molecule is CN(Cc1cccs1)C(=O)c1noc(C2CCCN2)n1.